The van der Waals surface area contributed by atoms with Crippen LogP contribution in [0.1, 0.15) is 29.0 Å². The number of carbonyl (C=O) groups is 1. The molecule has 2 atom stereocenters. The van der Waals surface area contributed by atoms with Crippen LogP contribution in [-0.4, -0.2) is 55.4 Å². The van der Waals surface area contributed by atoms with E-state index in [1.54, 1.807) is 23.1 Å². The van der Waals surface area contributed by atoms with Crippen LogP contribution < -0.4 is 5.32 Å². The molecule has 0 aliphatic carbocycles. The summed E-state index contributed by atoms with van der Waals surface area (Å²) in [7, 11) is 0. The van der Waals surface area contributed by atoms with Crippen LogP contribution in [0.15, 0.2) is 11.4 Å². The first-order valence-electron chi connectivity index (χ1n) is 8.02. The fourth-order valence-corrected chi connectivity index (χ4v) is 5.26. The Morgan fingerprint density at radius 2 is 2.32 bits per heavy atom. The summed E-state index contributed by atoms with van der Waals surface area (Å²) in [4.78, 5) is 16.4. The number of aryl methyl sites for hydroxylation is 1. The highest BCUT2D eigenvalue weighted by atomic mass is 32.2. The highest BCUT2D eigenvalue weighted by Gasteiger charge is 2.28. The Morgan fingerprint density at radius 1 is 1.50 bits per heavy atom. The fourth-order valence-electron chi connectivity index (χ4n) is 2.96. The van der Waals surface area contributed by atoms with Gasteiger partial charge in [0, 0.05) is 30.6 Å². The third-order valence-electron chi connectivity index (χ3n) is 4.28. The van der Waals surface area contributed by atoms with Gasteiger partial charge in [-0.2, -0.15) is 0 Å². The van der Waals surface area contributed by atoms with E-state index in [9.17, 15) is 4.79 Å². The largest absolute Gasteiger partial charge is 0.379 e. The number of nitrogens with zero attached hydrogens (tertiary/aromatic N) is 1. The summed E-state index contributed by atoms with van der Waals surface area (Å²) in [5.74, 6) is 1.23. The van der Waals surface area contributed by atoms with Gasteiger partial charge < -0.3 is 10.1 Å². The molecule has 22 heavy (non-hydrogen) atoms. The second-order valence-corrected chi connectivity index (χ2v) is 8.17. The van der Waals surface area contributed by atoms with Gasteiger partial charge in [-0.15, -0.1) is 23.1 Å². The molecule has 2 aliphatic heterocycles. The Morgan fingerprint density at radius 3 is 3.14 bits per heavy atom. The highest BCUT2D eigenvalue weighted by molar-refractivity contribution is 8.00. The van der Waals surface area contributed by atoms with Crippen LogP contribution in [0.3, 0.4) is 0 Å². The van der Waals surface area contributed by atoms with Gasteiger partial charge in [-0.3, -0.25) is 9.69 Å². The molecule has 1 amide bonds. The third-order valence-corrected chi connectivity index (χ3v) is 6.52. The first-order valence-corrected chi connectivity index (χ1v) is 9.95. The monoisotopic (exact) mass is 340 g/mol. The minimum Gasteiger partial charge on any atom is -0.379 e. The Kier molecular flexibility index (Phi) is 5.79. The van der Waals surface area contributed by atoms with Crippen molar-refractivity contribution < 1.29 is 9.53 Å². The molecule has 0 spiro atoms. The molecule has 4 nitrogen and oxygen atoms in total. The number of morpholine rings is 1. The van der Waals surface area contributed by atoms with Crippen LogP contribution in [-0.2, 0) is 16.0 Å². The second kappa shape index (κ2) is 7.81. The molecular weight excluding hydrogens is 316 g/mol. The molecule has 2 aliphatic rings. The van der Waals surface area contributed by atoms with Crippen molar-refractivity contribution in [1.82, 2.24) is 10.2 Å². The SMILES string of the molecule is C[C@@H](CCN1CCOCC1)NC(=O)[C@@H]1SCCc2sccc21. The number of fused-ring (bicyclic) bond motifs is 1. The van der Waals surface area contributed by atoms with Crippen molar-refractivity contribution in [2.45, 2.75) is 31.1 Å². The maximum absolute atomic E-state index is 12.6. The van der Waals surface area contributed by atoms with Crippen LogP contribution in [0.2, 0.25) is 0 Å². The van der Waals surface area contributed by atoms with Gasteiger partial charge in [0.2, 0.25) is 5.91 Å². The smallest absolute Gasteiger partial charge is 0.237 e. The van der Waals surface area contributed by atoms with Crippen LogP contribution in [0, 0.1) is 0 Å². The number of amides is 1. The number of ether oxygens (including phenoxy) is 1. The summed E-state index contributed by atoms with van der Waals surface area (Å²) >= 11 is 3.56. The van der Waals surface area contributed by atoms with Crippen LogP contribution >= 0.6 is 23.1 Å². The summed E-state index contributed by atoms with van der Waals surface area (Å²) in [5, 5.41) is 5.30. The van der Waals surface area contributed by atoms with Crippen molar-refractivity contribution in [3.63, 3.8) is 0 Å². The van der Waals surface area contributed by atoms with E-state index in [4.69, 9.17) is 4.74 Å². The maximum Gasteiger partial charge on any atom is 0.237 e. The maximum atomic E-state index is 12.6. The number of carbonyl (C=O) groups excluding carboxylic acids is 1. The van der Waals surface area contributed by atoms with Crippen molar-refractivity contribution >= 4 is 29.0 Å². The van der Waals surface area contributed by atoms with Crippen LogP contribution in [0.25, 0.3) is 0 Å². The molecule has 0 bridgehead atoms. The lowest BCUT2D eigenvalue weighted by Crippen LogP contribution is -2.41. The van der Waals surface area contributed by atoms with Gasteiger partial charge in [-0.25, -0.2) is 0 Å². The van der Waals surface area contributed by atoms with Gasteiger partial charge in [0.1, 0.15) is 5.25 Å². The van der Waals surface area contributed by atoms with Crippen LogP contribution in [0.5, 0.6) is 0 Å². The molecule has 1 aromatic heterocycles. The zero-order valence-electron chi connectivity index (χ0n) is 13.0. The Bertz CT molecular complexity index is 500. The molecule has 1 aromatic rings. The van der Waals surface area contributed by atoms with E-state index in [1.807, 2.05) is 0 Å². The molecule has 1 saturated heterocycles. The third kappa shape index (κ3) is 4.04. The lowest BCUT2D eigenvalue weighted by molar-refractivity contribution is -0.121. The van der Waals surface area contributed by atoms with E-state index in [0.29, 0.717) is 0 Å². The van der Waals surface area contributed by atoms with E-state index in [2.05, 4.69) is 28.6 Å². The van der Waals surface area contributed by atoms with Gasteiger partial charge in [-0.05, 0) is 42.5 Å². The van der Waals surface area contributed by atoms with Gasteiger partial charge in [-0.1, -0.05) is 0 Å². The zero-order valence-corrected chi connectivity index (χ0v) is 14.7. The number of rotatable bonds is 5. The predicted molar refractivity (Wildman–Crippen MR) is 92.7 cm³/mol. The summed E-state index contributed by atoms with van der Waals surface area (Å²) in [6, 6.07) is 2.34. The lowest BCUT2D eigenvalue weighted by atomic mass is 10.1. The summed E-state index contributed by atoms with van der Waals surface area (Å²) in [6.07, 6.45) is 2.10. The first kappa shape index (κ1) is 16.3. The van der Waals surface area contributed by atoms with Gasteiger partial charge >= 0.3 is 0 Å². The Balaban J connectivity index is 1.47. The number of hydrogen-bond donors (Lipinski definition) is 1. The highest BCUT2D eigenvalue weighted by Crippen LogP contribution is 2.39. The molecule has 0 unspecified atom stereocenters. The van der Waals surface area contributed by atoms with Gasteiger partial charge in [0.25, 0.3) is 0 Å². The van der Waals surface area contributed by atoms with Crippen molar-refractivity contribution in [3.05, 3.63) is 21.9 Å². The molecule has 122 valence electrons. The summed E-state index contributed by atoms with van der Waals surface area (Å²) in [6.45, 7) is 6.84. The molecule has 0 saturated carbocycles. The quantitative estimate of drug-likeness (QED) is 0.893. The van der Waals surface area contributed by atoms with Crippen LogP contribution in [0.4, 0.5) is 0 Å². The lowest BCUT2D eigenvalue weighted by Gasteiger charge is -2.28. The molecule has 1 N–H and O–H groups in total. The average Bonchev–Trinajstić information content (AvgIpc) is 3.02. The van der Waals surface area contributed by atoms with Crippen molar-refractivity contribution in [2.24, 2.45) is 0 Å². The number of thioether (sulfide) groups is 1. The predicted octanol–water partition coefficient (Wildman–Crippen LogP) is 2.31. The van der Waals surface area contributed by atoms with E-state index < -0.39 is 0 Å². The average molecular weight is 341 g/mol. The number of thiophene rings is 1. The number of nitrogens with one attached hydrogen (secondary N) is 1. The minimum atomic E-state index is -0.0131. The van der Waals surface area contributed by atoms with E-state index in [1.165, 1.54) is 10.4 Å². The van der Waals surface area contributed by atoms with E-state index in [0.717, 1.165) is 51.4 Å². The molecular formula is C16H24N2O2S2. The molecule has 1 fully saturated rings. The van der Waals surface area contributed by atoms with E-state index in [-0.39, 0.29) is 17.2 Å². The molecule has 6 heteroatoms. The molecule has 3 rings (SSSR count). The zero-order chi connectivity index (χ0) is 15.4. The normalized spacial score (nSPS) is 23.8. The number of hydrogen-bond acceptors (Lipinski definition) is 5. The fraction of sp³-hybridized carbons (Fsp3) is 0.688. The molecule has 3 heterocycles. The first-order chi connectivity index (χ1) is 10.7. The summed E-state index contributed by atoms with van der Waals surface area (Å²) in [5.41, 5.74) is 1.24. The second-order valence-electron chi connectivity index (χ2n) is 5.95. The molecule has 0 aromatic carbocycles. The van der Waals surface area contributed by atoms with Crippen molar-refractivity contribution in [1.29, 1.82) is 0 Å². The Labute approximate surface area is 140 Å². The Hall–Kier alpha value is -0.560. The van der Waals surface area contributed by atoms with Gasteiger partial charge in [0.15, 0.2) is 0 Å². The van der Waals surface area contributed by atoms with E-state index >= 15 is 0 Å². The standard InChI is InChI=1S/C16H24N2O2S2/c1-12(2-5-18-6-8-20-9-7-18)17-16(19)15-13-3-10-21-14(13)4-11-22-15/h3,10,12,15H,2,4-9,11H2,1H3,(H,17,19)/t12-,15+/m0/s1. The molecule has 0 radical (unpaired) electrons. The van der Waals surface area contributed by atoms with Gasteiger partial charge in [0.05, 0.1) is 13.2 Å². The van der Waals surface area contributed by atoms with Crippen molar-refractivity contribution in [3.8, 4) is 0 Å². The minimum absolute atomic E-state index is 0.0131. The topological polar surface area (TPSA) is 41.6 Å². The summed E-state index contributed by atoms with van der Waals surface area (Å²) < 4.78 is 5.36. The van der Waals surface area contributed by atoms with Crippen molar-refractivity contribution in [2.75, 3.05) is 38.6 Å².